The molecule has 102 valence electrons. The maximum Gasteiger partial charge on any atom is 0.269 e. The van der Waals surface area contributed by atoms with Gasteiger partial charge in [0, 0.05) is 17.7 Å². The van der Waals surface area contributed by atoms with Crippen LogP contribution in [0.25, 0.3) is 11.4 Å². The molecule has 0 fully saturated rings. The fraction of sp³-hybridized carbons (Fsp3) is 0.167. The average Bonchev–Trinajstić information content (AvgIpc) is 2.99. The van der Waals surface area contributed by atoms with E-state index < -0.39 is 4.92 Å². The van der Waals surface area contributed by atoms with Crippen molar-refractivity contribution in [3.05, 3.63) is 46.5 Å². The number of allylic oxidation sites excluding steroid dienone is 1. The summed E-state index contributed by atoms with van der Waals surface area (Å²) in [5.74, 6) is 0.648. The second-order valence-electron chi connectivity index (χ2n) is 4.14. The Morgan fingerprint density at radius 2 is 2.15 bits per heavy atom. The Morgan fingerprint density at radius 3 is 2.80 bits per heavy atom. The summed E-state index contributed by atoms with van der Waals surface area (Å²) in [6, 6.07) is 6.26. The first kappa shape index (κ1) is 12.7. The monoisotopic (exact) mass is 289 g/mol. The average molecular weight is 289 g/mol. The van der Waals surface area contributed by atoms with E-state index in [1.807, 2.05) is 19.1 Å². The van der Waals surface area contributed by atoms with Gasteiger partial charge in [0.2, 0.25) is 5.16 Å². The molecule has 0 aliphatic carbocycles. The van der Waals surface area contributed by atoms with Crippen LogP contribution in [0.4, 0.5) is 5.69 Å². The summed E-state index contributed by atoms with van der Waals surface area (Å²) in [7, 11) is 0. The predicted molar refractivity (Wildman–Crippen MR) is 75.9 cm³/mol. The maximum atomic E-state index is 10.6. The summed E-state index contributed by atoms with van der Waals surface area (Å²) < 4.78 is 1.80. The van der Waals surface area contributed by atoms with Gasteiger partial charge in [-0.25, -0.2) is 4.68 Å². The Balaban J connectivity index is 1.91. The minimum absolute atomic E-state index is 0.0593. The van der Waals surface area contributed by atoms with Gasteiger partial charge in [-0.3, -0.25) is 10.1 Å². The summed E-state index contributed by atoms with van der Waals surface area (Å²) in [4.78, 5) is 10.2. The normalized spacial score (nSPS) is 17.1. The number of fused-ring (bicyclic) bond motifs is 1. The second-order valence-corrected chi connectivity index (χ2v) is 5.25. The molecular formula is C12H11N5O2S. The van der Waals surface area contributed by atoms with E-state index in [0.29, 0.717) is 5.82 Å². The van der Waals surface area contributed by atoms with E-state index in [9.17, 15) is 10.1 Å². The zero-order valence-electron chi connectivity index (χ0n) is 10.6. The number of rotatable bonds is 3. The van der Waals surface area contributed by atoms with Crippen LogP contribution in [0.3, 0.4) is 0 Å². The summed E-state index contributed by atoms with van der Waals surface area (Å²) in [6.07, 6.45) is 4.00. The molecule has 0 saturated heterocycles. The first-order valence-electron chi connectivity index (χ1n) is 5.95. The number of nitrogens with zero attached hydrogens (tertiary/aromatic N) is 4. The molecule has 1 aliphatic rings. The number of benzene rings is 1. The smallest absolute Gasteiger partial charge is 0.269 e. The standard InChI is InChI=1S/C12H11N5O2S/c1-2-3-10-15-16-11(13-14-12(16)20-10)8-4-6-9(7-5-8)17(18)19/h2-7,10,15H,1H3. The van der Waals surface area contributed by atoms with Crippen molar-refractivity contribution in [2.45, 2.75) is 17.5 Å². The molecule has 0 bridgehead atoms. The van der Waals surface area contributed by atoms with Gasteiger partial charge in [0.15, 0.2) is 5.82 Å². The quantitative estimate of drug-likeness (QED) is 0.530. The molecule has 3 rings (SSSR count). The van der Waals surface area contributed by atoms with Gasteiger partial charge in [-0.1, -0.05) is 23.9 Å². The fourth-order valence-electron chi connectivity index (χ4n) is 1.91. The lowest BCUT2D eigenvalue weighted by Crippen LogP contribution is -2.17. The molecule has 0 saturated carbocycles. The highest BCUT2D eigenvalue weighted by atomic mass is 32.2. The molecular weight excluding hydrogens is 278 g/mol. The molecule has 0 radical (unpaired) electrons. The Bertz CT molecular complexity index is 680. The van der Waals surface area contributed by atoms with Crippen molar-refractivity contribution < 1.29 is 4.92 Å². The van der Waals surface area contributed by atoms with Gasteiger partial charge in [-0.05, 0) is 19.1 Å². The van der Waals surface area contributed by atoms with Crippen molar-refractivity contribution in [3.63, 3.8) is 0 Å². The molecule has 1 aliphatic heterocycles. The number of hydrogen-bond acceptors (Lipinski definition) is 6. The molecule has 7 nitrogen and oxygen atoms in total. The van der Waals surface area contributed by atoms with Crippen molar-refractivity contribution >= 4 is 17.4 Å². The molecule has 2 aromatic rings. The molecule has 0 amide bonds. The highest BCUT2D eigenvalue weighted by Gasteiger charge is 2.25. The number of nitro benzene ring substituents is 1. The van der Waals surface area contributed by atoms with E-state index in [1.54, 1.807) is 28.6 Å². The third kappa shape index (κ3) is 2.14. The van der Waals surface area contributed by atoms with Crippen LogP contribution in [0.5, 0.6) is 0 Å². The molecule has 1 aromatic heterocycles. The number of hydrogen-bond donors (Lipinski definition) is 1. The first-order chi connectivity index (χ1) is 9.69. The van der Waals surface area contributed by atoms with E-state index in [4.69, 9.17) is 0 Å². The van der Waals surface area contributed by atoms with Crippen LogP contribution >= 0.6 is 11.8 Å². The molecule has 1 atom stereocenters. The Hall–Kier alpha value is -2.35. The van der Waals surface area contributed by atoms with Crippen molar-refractivity contribution in [1.82, 2.24) is 14.9 Å². The minimum atomic E-state index is -0.422. The summed E-state index contributed by atoms with van der Waals surface area (Å²) in [6.45, 7) is 1.96. The topological polar surface area (TPSA) is 85.9 Å². The van der Waals surface area contributed by atoms with E-state index in [1.165, 1.54) is 12.1 Å². The lowest BCUT2D eigenvalue weighted by atomic mass is 10.2. The van der Waals surface area contributed by atoms with Gasteiger partial charge in [-0.15, -0.1) is 10.2 Å². The van der Waals surface area contributed by atoms with Gasteiger partial charge in [0.1, 0.15) is 5.37 Å². The zero-order valence-corrected chi connectivity index (χ0v) is 11.4. The van der Waals surface area contributed by atoms with Crippen LogP contribution in [0.2, 0.25) is 0 Å². The van der Waals surface area contributed by atoms with E-state index in [0.717, 1.165) is 10.7 Å². The maximum absolute atomic E-state index is 10.6. The van der Waals surface area contributed by atoms with E-state index >= 15 is 0 Å². The predicted octanol–water partition coefficient (Wildman–Crippen LogP) is 2.40. The third-order valence-electron chi connectivity index (χ3n) is 2.83. The van der Waals surface area contributed by atoms with E-state index in [2.05, 4.69) is 15.6 Å². The van der Waals surface area contributed by atoms with Crippen LogP contribution in [-0.2, 0) is 0 Å². The first-order valence-corrected chi connectivity index (χ1v) is 6.83. The van der Waals surface area contributed by atoms with Crippen molar-refractivity contribution in [2.75, 3.05) is 5.43 Å². The second kappa shape index (κ2) is 4.97. The number of non-ortho nitro benzene ring substituents is 1. The molecule has 2 heterocycles. The number of aromatic nitrogens is 3. The van der Waals surface area contributed by atoms with Crippen LogP contribution in [0.15, 0.2) is 41.6 Å². The highest BCUT2D eigenvalue weighted by molar-refractivity contribution is 8.00. The van der Waals surface area contributed by atoms with Gasteiger partial charge >= 0.3 is 0 Å². The fourth-order valence-corrected chi connectivity index (χ4v) is 2.86. The molecule has 1 N–H and O–H groups in total. The third-order valence-corrected chi connectivity index (χ3v) is 3.82. The highest BCUT2D eigenvalue weighted by Crippen LogP contribution is 2.32. The SMILES string of the molecule is CC=CC1Nn2c(nnc2-c2ccc([N+](=O)[O-])cc2)S1. The van der Waals surface area contributed by atoms with Gasteiger partial charge < -0.3 is 5.43 Å². The van der Waals surface area contributed by atoms with Crippen molar-refractivity contribution in [3.8, 4) is 11.4 Å². The molecule has 1 aromatic carbocycles. The van der Waals surface area contributed by atoms with Crippen molar-refractivity contribution in [1.29, 1.82) is 0 Å². The zero-order chi connectivity index (χ0) is 14.1. The van der Waals surface area contributed by atoms with Gasteiger partial charge in [0.05, 0.1) is 4.92 Å². The van der Waals surface area contributed by atoms with Crippen LogP contribution in [-0.4, -0.2) is 25.2 Å². The number of nitrogens with one attached hydrogen (secondary N) is 1. The summed E-state index contributed by atoms with van der Waals surface area (Å²) in [5, 5.41) is 19.8. The van der Waals surface area contributed by atoms with Gasteiger partial charge in [0.25, 0.3) is 5.69 Å². The lowest BCUT2D eigenvalue weighted by molar-refractivity contribution is -0.384. The van der Waals surface area contributed by atoms with Crippen molar-refractivity contribution in [2.24, 2.45) is 0 Å². The molecule has 1 unspecified atom stereocenters. The van der Waals surface area contributed by atoms with Crippen LogP contribution in [0.1, 0.15) is 6.92 Å². The lowest BCUT2D eigenvalue weighted by Gasteiger charge is -2.07. The number of nitro groups is 1. The van der Waals surface area contributed by atoms with Crippen LogP contribution in [0, 0.1) is 10.1 Å². The largest absolute Gasteiger partial charge is 0.305 e. The Kier molecular flexibility index (Phi) is 3.15. The molecule has 0 spiro atoms. The molecule has 8 heteroatoms. The summed E-state index contributed by atoms with van der Waals surface area (Å²) >= 11 is 1.57. The Labute approximate surface area is 118 Å². The summed E-state index contributed by atoms with van der Waals surface area (Å²) in [5.41, 5.74) is 4.09. The van der Waals surface area contributed by atoms with Crippen LogP contribution < -0.4 is 5.43 Å². The molecule has 20 heavy (non-hydrogen) atoms. The minimum Gasteiger partial charge on any atom is -0.305 e. The van der Waals surface area contributed by atoms with E-state index in [-0.39, 0.29) is 11.1 Å². The van der Waals surface area contributed by atoms with Gasteiger partial charge in [-0.2, -0.15) is 0 Å². The Morgan fingerprint density at radius 1 is 1.40 bits per heavy atom. The number of thioether (sulfide) groups is 1.